The lowest BCUT2D eigenvalue weighted by Gasteiger charge is -2.18. The van der Waals surface area contributed by atoms with Gasteiger partial charge >= 0.3 is 0 Å². The van der Waals surface area contributed by atoms with E-state index in [9.17, 15) is 0 Å². The predicted octanol–water partition coefficient (Wildman–Crippen LogP) is 1.13. The molecular weight excluding hydrogens is 216 g/mol. The minimum absolute atomic E-state index is 0.0421. The maximum absolute atomic E-state index is 5.33. The Morgan fingerprint density at radius 2 is 2.06 bits per heavy atom. The zero-order valence-electron chi connectivity index (χ0n) is 10.2. The molecule has 0 aromatic carbocycles. The van der Waals surface area contributed by atoms with E-state index in [1.807, 2.05) is 30.9 Å². The van der Waals surface area contributed by atoms with Gasteiger partial charge in [0.1, 0.15) is 5.69 Å². The molecule has 0 bridgehead atoms. The van der Waals surface area contributed by atoms with Crippen LogP contribution in [0.4, 0.5) is 0 Å². The highest BCUT2D eigenvalue weighted by Crippen LogP contribution is 2.28. The molecule has 0 aliphatic rings. The van der Waals surface area contributed by atoms with E-state index in [4.69, 9.17) is 4.74 Å². The van der Waals surface area contributed by atoms with E-state index in [-0.39, 0.29) is 6.04 Å². The standard InChI is InChI=1S/C12H16N4O/c1-13-11(9-4-6-14-7-5-9)12-10(17-3)8-15-16(12)2/h4-8,11,13H,1-3H3. The second-order valence-electron chi connectivity index (χ2n) is 3.72. The summed E-state index contributed by atoms with van der Waals surface area (Å²) in [5.74, 6) is 0.781. The largest absolute Gasteiger partial charge is 0.493 e. The van der Waals surface area contributed by atoms with Crippen LogP contribution in [0.2, 0.25) is 0 Å². The first-order valence-corrected chi connectivity index (χ1v) is 5.41. The SMILES string of the molecule is CNC(c1ccncc1)c1c(OC)cnn1C. The number of rotatable bonds is 4. The van der Waals surface area contributed by atoms with Gasteiger partial charge in [-0.2, -0.15) is 5.10 Å². The van der Waals surface area contributed by atoms with Crippen LogP contribution in [0, 0.1) is 0 Å². The lowest BCUT2D eigenvalue weighted by atomic mass is 10.0. The van der Waals surface area contributed by atoms with Crippen molar-refractivity contribution in [3.8, 4) is 5.75 Å². The second kappa shape index (κ2) is 4.97. The first-order chi connectivity index (χ1) is 8.27. The Morgan fingerprint density at radius 3 is 2.65 bits per heavy atom. The van der Waals surface area contributed by atoms with Gasteiger partial charge in [0, 0.05) is 19.4 Å². The maximum Gasteiger partial charge on any atom is 0.161 e. The van der Waals surface area contributed by atoms with E-state index in [0.717, 1.165) is 17.0 Å². The van der Waals surface area contributed by atoms with Crippen molar-refractivity contribution in [1.29, 1.82) is 0 Å². The third-order valence-electron chi connectivity index (χ3n) is 2.77. The summed E-state index contributed by atoms with van der Waals surface area (Å²) in [7, 11) is 5.47. The second-order valence-corrected chi connectivity index (χ2v) is 3.72. The summed E-state index contributed by atoms with van der Waals surface area (Å²) in [6, 6.07) is 4.00. The van der Waals surface area contributed by atoms with Crippen LogP contribution < -0.4 is 10.1 Å². The molecule has 1 atom stereocenters. The van der Waals surface area contributed by atoms with E-state index in [0.29, 0.717) is 0 Å². The Labute approximate surface area is 100 Å². The molecule has 0 amide bonds. The van der Waals surface area contributed by atoms with Gasteiger partial charge in [0.25, 0.3) is 0 Å². The number of nitrogens with zero attached hydrogens (tertiary/aromatic N) is 3. The number of ether oxygens (including phenoxy) is 1. The molecule has 1 N–H and O–H groups in total. The summed E-state index contributed by atoms with van der Waals surface area (Å²) < 4.78 is 7.15. The number of nitrogens with one attached hydrogen (secondary N) is 1. The van der Waals surface area contributed by atoms with E-state index in [1.165, 1.54) is 0 Å². The molecule has 0 radical (unpaired) electrons. The zero-order chi connectivity index (χ0) is 12.3. The molecule has 0 aliphatic carbocycles. The minimum atomic E-state index is 0.0421. The van der Waals surface area contributed by atoms with Crippen molar-refractivity contribution in [3.63, 3.8) is 0 Å². The fourth-order valence-corrected chi connectivity index (χ4v) is 1.93. The minimum Gasteiger partial charge on any atom is -0.493 e. The van der Waals surface area contributed by atoms with Gasteiger partial charge in [-0.15, -0.1) is 0 Å². The highest BCUT2D eigenvalue weighted by atomic mass is 16.5. The molecule has 0 fully saturated rings. The number of methoxy groups -OCH3 is 1. The van der Waals surface area contributed by atoms with Crippen molar-refractivity contribution in [2.24, 2.45) is 7.05 Å². The van der Waals surface area contributed by atoms with Gasteiger partial charge in [-0.05, 0) is 24.7 Å². The molecule has 5 nitrogen and oxygen atoms in total. The molecule has 2 aromatic rings. The molecule has 90 valence electrons. The summed E-state index contributed by atoms with van der Waals surface area (Å²) in [4.78, 5) is 4.03. The zero-order valence-corrected chi connectivity index (χ0v) is 10.2. The van der Waals surface area contributed by atoms with Crippen LogP contribution in [0.1, 0.15) is 17.3 Å². The summed E-state index contributed by atoms with van der Waals surface area (Å²) in [5.41, 5.74) is 2.13. The van der Waals surface area contributed by atoms with Gasteiger partial charge in [0.15, 0.2) is 5.75 Å². The van der Waals surface area contributed by atoms with Crippen molar-refractivity contribution < 1.29 is 4.74 Å². The maximum atomic E-state index is 5.33. The van der Waals surface area contributed by atoms with Crippen molar-refractivity contribution in [2.75, 3.05) is 14.2 Å². The van der Waals surface area contributed by atoms with Gasteiger partial charge in [0.2, 0.25) is 0 Å². The summed E-state index contributed by atoms with van der Waals surface area (Å²) in [6.07, 6.45) is 5.28. The monoisotopic (exact) mass is 232 g/mol. The van der Waals surface area contributed by atoms with E-state index < -0.39 is 0 Å². The smallest absolute Gasteiger partial charge is 0.161 e. The average molecular weight is 232 g/mol. The number of pyridine rings is 1. The van der Waals surface area contributed by atoms with Crippen LogP contribution in [-0.2, 0) is 7.05 Å². The quantitative estimate of drug-likeness (QED) is 0.858. The lowest BCUT2D eigenvalue weighted by molar-refractivity contribution is 0.402. The Kier molecular flexibility index (Phi) is 3.39. The molecular formula is C12H16N4O. The molecule has 5 heteroatoms. The van der Waals surface area contributed by atoms with Gasteiger partial charge in [0.05, 0.1) is 19.3 Å². The van der Waals surface area contributed by atoms with Crippen LogP contribution >= 0.6 is 0 Å². The van der Waals surface area contributed by atoms with Crippen LogP contribution in [-0.4, -0.2) is 28.9 Å². The summed E-state index contributed by atoms with van der Waals surface area (Å²) in [6.45, 7) is 0. The van der Waals surface area contributed by atoms with Crippen molar-refractivity contribution in [3.05, 3.63) is 42.0 Å². The third kappa shape index (κ3) is 2.14. The van der Waals surface area contributed by atoms with Crippen molar-refractivity contribution in [1.82, 2.24) is 20.1 Å². The van der Waals surface area contributed by atoms with Gasteiger partial charge in [-0.3, -0.25) is 9.67 Å². The number of hydrogen-bond donors (Lipinski definition) is 1. The van der Waals surface area contributed by atoms with Crippen molar-refractivity contribution >= 4 is 0 Å². The number of aromatic nitrogens is 3. The normalized spacial score (nSPS) is 12.4. The molecule has 2 rings (SSSR count). The Balaban J connectivity index is 2.45. The van der Waals surface area contributed by atoms with Gasteiger partial charge in [-0.1, -0.05) is 0 Å². The van der Waals surface area contributed by atoms with Crippen molar-refractivity contribution in [2.45, 2.75) is 6.04 Å². The lowest BCUT2D eigenvalue weighted by Crippen LogP contribution is -2.21. The van der Waals surface area contributed by atoms with E-state index in [2.05, 4.69) is 15.4 Å². The van der Waals surface area contributed by atoms with Crippen LogP contribution in [0.15, 0.2) is 30.7 Å². The number of aryl methyl sites for hydroxylation is 1. The summed E-state index contributed by atoms with van der Waals surface area (Å²) >= 11 is 0. The molecule has 2 aromatic heterocycles. The highest BCUT2D eigenvalue weighted by Gasteiger charge is 2.20. The highest BCUT2D eigenvalue weighted by molar-refractivity contribution is 5.35. The Morgan fingerprint density at radius 1 is 1.35 bits per heavy atom. The van der Waals surface area contributed by atoms with Gasteiger partial charge < -0.3 is 10.1 Å². The summed E-state index contributed by atoms with van der Waals surface area (Å²) in [5, 5.41) is 7.49. The first kappa shape index (κ1) is 11.6. The molecule has 0 saturated carbocycles. The van der Waals surface area contributed by atoms with Crippen LogP contribution in [0.5, 0.6) is 5.75 Å². The molecule has 0 aliphatic heterocycles. The van der Waals surface area contributed by atoms with E-state index >= 15 is 0 Å². The molecule has 0 spiro atoms. The van der Waals surface area contributed by atoms with Gasteiger partial charge in [-0.25, -0.2) is 0 Å². The van der Waals surface area contributed by atoms with Crippen LogP contribution in [0.3, 0.4) is 0 Å². The number of hydrogen-bond acceptors (Lipinski definition) is 4. The average Bonchev–Trinajstić information content (AvgIpc) is 2.74. The first-order valence-electron chi connectivity index (χ1n) is 5.41. The van der Waals surface area contributed by atoms with Crippen LogP contribution in [0.25, 0.3) is 0 Å². The molecule has 0 saturated heterocycles. The molecule has 1 unspecified atom stereocenters. The Bertz CT molecular complexity index is 481. The Hall–Kier alpha value is -1.88. The predicted molar refractivity (Wildman–Crippen MR) is 64.9 cm³/mol. The fourth-order valence-electron chi connectivity index (χ4n) is 1.93. The topological polar surface area (TPSA) is 52.0 Å². The molecule has 17 heavy (non-hydrogen) atoms. The van der Waals surface area contributed by atoms with E-state index in [1.54, 1.807) is 25.7 Å². The fraction of sp³-hybridized carbons (Fsp3) is 0.333. The molecule has 2 heterocycles. The third-order valence-corrected chi connectivity index (χ3v) is 2.77.